The number of pyridine rings is 1. The van der Waals surface area contributed by atoms with E-state index in [1.54, 1.807) is 6.20 Å². The van der Waals surface area contributed by atoms with Gasteiger partial charge in [0.05, 0.1) is 16.8 Å². The molecule has 2 rings (SSSR count). The van der Waals surface area contributed by atoms with Crippen molar-refractivity contribution >= 4 is 11.6 Å². The molecule has 2 nitrogen and oxygen atoms in total. The van der Waals surface area contributed by atoms with E-state index < -0.39 is 0 Å². The summed E-state index contributed by atoms with van der Waals surface area (Å²) >= 11 is 5.92. The van der Waals surface area contributed by atoms with Crippen molar-refractivity contribution in [2.24, 2.45) is 0 Å². The summed E-state index contributed by atoms with van der Waals surface area (Å²) in [7, 11) is 0. The molecule has 0 radical (unpaired) electrons. The van der Waals surface area contributed by atoms with Crippen molar-refractivity contribution in [3.05, 3.63) is 64.4 Å². The predicted octanol–water partition coefficient (Wildman–Crippen LogP) is 4.13. The highest BCUT2D eigenvalue weighted by Gasteiger charge is 2.16. The molecule has 1 N–H and O–H groups in total. The van der Waals surface area contributed by atoms with Crippen LogP contribution in [0.1, 0.15) is 36.2 Å². The quantitative estimate of drug-likeness (QED) is 0.887. The number of hydrogen-bond acceptors (Lipinski definition) is 2. The van der Waals surface area contributed by atoms with Crippen LogP contribution in [0.4, 0.5) is 0 Å². The number of halogens is 1. The summed E-state index contributed by atoms with van der Waals surface area (Å²) in [5, 5.41) is 4.23. The van der Waals surface area contributed by atoms with Gasteiger partial charge in [-0.15, -0.1) is 0 Å². The molecule has 0 saturated heterocycles. The van der Waals surface area contributed by atoms with Crippen LogP contribution in [0, 0.1) is 6.92 Å². The third-order valence-corrected chi connectivity index (χ3v) is 3.37. The number of hydrogen-bond donors (Lipinski definition) is 1. The molecule has 1 unspecified atom stereocenters. The van der Waals surface area contributed by atoms with Crippen LogP contribution in [-0.4, -0.2) is 11.5 Å². The average Bonchev–Trinajstić information content (AvgIpc) is 2.43. The number of nitrogens with one attached hydrogen (secondary N) is 1. The lowest BCUT2D eigenvalue weighted by Crippen LogP contribution is -2.24. The number of rotatable bonds is 5. The van der Waals surface area contributed by atoms with Crippen LogP contribution in [-0.2, 0) is 0 Å². The zero-order chi connectivity index (χ0) is 13.7. The van der Waals surface area contributed by atoms with Gasteiger partial charge in [0, 0.05) is 6.20 Å². The van der Waals surface area contributed by atoms with E-state index >= 15 is 0 Å². The summed E-state index contributed by atoms with van der Waals surface area (Å²) in [6, 6.07) is 12.4. The van der Waals surface area contributed by atoms with Gasteiger partial charge in [-0.05, 0) is 43.1 Å². The fourth-order valence-electron chi connectivity index (χ4n) is 2.13. The summed E-state index contributed by atoms with van der Waals surface area (Å²) < 4.78 is 0. The summed E-state index contributed by atoms with van der Waals surface area (Å²) in [4.78, 5) is 4.45. The third-order valence-electron chi connectivity index (χ3n) is 3.14. The molecule has 1 aromatic carbocycles. The third kappa shape index (κ3) is 3.55. The van der Waals surface area contributed by atoms with E-state index in [-0.39, 0.29) is 6.04 Å². The van der Waals surface area contributed by atoms with Crippen LogP contribution in [0.2, 0.25) is 5.02 Å². The lowest BCUT2D eigenvalue weighted by atomic mass is 9.98. The topological polar surface area (TPSA) is 24.9 Å². The molecule has 0 fully saturated rings. The Balaban J connectivity index is 2.35. The van der Waals surface area contributed by atoms with Crippen molar-refractivity contribution in [2.45, 2.75) is 26.3 Å². The van der Waals surface area contributed by atoms with Crippen molar-refractivity contribution in [1.82, 2.24) is 10.3 Å². The summed E-state index contributed by atoms with van der Waals surface area (Å²) in [6.07, 6.45) is 2.80. The zero-order valence-corrected chi connectivity index (χ0v) is 12.1. The van der Waals surface area contributed by atoms with Crippen LogP contribution >= 0.6 is 11.6 Å². The molecule has 0 saturated carbocycles. The summed E-state index contributed by atoms with van der Waals surface area (Å²) in [6.45, 7) is 5.26. The Morgan fingerprint density at radius 3 is 2.63 bits per heavy atom. The second-order valence-electron chi connectivity index (χ2n) is 4.65. The van der Waals surface area contributed by atoms with Gasteiger partial charge in [0.1, 0.15) is 0 Å². The van der Waals surface area contributed by atoms with Crippen LogP contribution in [0.25, 0.3) is 0 Å². The second kappa shape index (κ2) is 6.69. The first-order chi connectivity index (χ1) is 9.22. The summed E-state index contributed by atoms with van der Waals surface area (Å²) in [5.74, 6) is 0. The Morgan fingerprint density at radius 2 is 2.00 bits per heavy atom. The normalized spacial score (nSPS) is 12.4. The summed E-state index contributed by atoms with van der Waals surface area (Å²) in [5.41, 5.74) is 3.55. The highest BCUT2D eigenvalue weighted by Crippen LogP contribution is 2.24. The minimum atomic E-state index is 0.124. The first kappa shape index (κ1) is 14.0. The predicted molar refractivity (Wildman–Crippen MR) is 80.6 cm³/mol. The first-order valence-corrected chi connectivity index (χ1v) is 7.00. The molecule has 1 aromatic heterocycles. The molecule has 0 amide bonds. The van der Waals surface area contributed by atoms with Gasteiger partial charge in [-0.1, -0.05) is 42.8 Å². The lowest BCUT2D eigenvalue weighted by molar-refractivity contribution is 0.584. The van der Waals surface area contributed by atoms with Gasteiger partial charge in [-0.25, -0.2) is 0 Å². The van der Waals surface area contributed by atoms with Crippen molar-refractivity contribution in [3.63, 3.8) is 0 Å². The monoisotopic (exact) mass is 274 g/mol. The maximum absolute atomic E-state index is 5.92. The molecule has 0 aliphatic heterocycles. The lowest BCUT2D eigenvalue weighted by Gasteiger charge is -2.20. The number of benzene rings is 1. The minimum Gasteiger partial charge on any atom is -0.305 e. The fourth-order valence-corrected chi connectivity index (χ4v) is 2.24. The van der Waals surface area contributed by atoms with Gasteiger partial charge in [0.2, 0.25) is 0 Å². The molecule has 0 aliphatic rings. The van der Waals surface area contributed by atoms with E-state index in [4.69, 9.17) is 11.6 Å². The van der Waals surface area contributed by atoms with Crippen LogP contribution in [0.3, 0.4) is 0 Å². The van der Waals surface area contributed by atoms with Crippen LogP contribution in [0.5, 0.6) is 0 Å². The second-order valence-corrected chi connectivity index (χ2v) is 5.08. The first-order valence-electron chi connectivity index (χ1n) is 6.62. The van der Waals surface area contributed by atoms with E-state index in [2.05, 4.69) is 48.4 Å². The van der Waals surface area contributed by atoms with Crippen LogP contribution < -0.4 is 5.32 Å². The van der Waals surface area contributed by atoms with Crippen molar-refractivity contribution in [2.75, 3.05) is 6.54 Å². The Bertz CT molecular complexity index is 523. The molecule has 0 bridgehead atoms. The minimum absolute atomic E-state index is 0.124. The van der Waals surface area contributed by atoms with E-state index in [9.17, 15) is 0 Å². The van der Waals surface area contributed by atoms with Crippen molar-refractivity contribution in [3.8, 4) is 0 Å². The molecular formula is C16H19ClN2. The molecule has 19 heavy (non-hydrogen) atoms. The van der Waals surface area contributed by atoms with E-state index in [0.29, 0.717) is 5.02 Å². The van der Waals surface area contributed by atoms with Gasteiger partial charge >= 0.3 is 0 Å². The maximum atomic E-state index is 5.92. The molecule has 2 aromatic rings. The molecule has 1 atom stereocenters. The van der Waals surface area contributed by atoms with E-state index in [1.807, 2.05) is 12.1 Å². The van der Waals surface area contributed by atoms with Gasteiger partial charge in [-0.3, -0.25) is 4.98 Å². The van der Waals surface area contributed by atoms with E-state index in [0.717, 1.165) is 18.7 Å². The number of aromatic nitrogens is 1. The van der Waals surface area contributed by atoms with Gasteiger partial charge in [0.15, 0.2) is 0 Å². The smallest absolute Gasteiger partial charge is 0.0754 e. The van der Waals surface area contributed by atoms with Gasteiger partial charge < -0.3 is 5.32 Å². The molecular weight excluding hydrogens is 256 g/mol. The fraction of sp³-hybridized carbons (Fsp3) is 0.312. The Morgan fingerprint density at radius 1 is 1.21 bits per heavy atom. The zero-order valence-electron chi connectivity index (χ0n) is 11.4. The van der Waals surface area contributed by atoms with Gasteiger partial charge in [0.25, 0.3) is 0 Å². The Hall–Kier alpha value is -1.38. The van der Waals surface area contributed by atoms with Gasteiger partial charge in [-0.2, -0.15) is 0 Å². The number of nitrogens with zero attached hydrogens (tertiary/aromatic N) is 1. The molecule has 0 spiro atoms. The molecule has 1 heterocycles. The van der Waals surface area contributed by atoms with E-state index in [1.165, 1.54) is 11.1 Å². The SMILES string of the molecule is CCCNC(c1ccc(Cl)cn1)c1ccccc1C. The largest absolute Gasteiger partial charge is 0.305 e. The van der Waals surface area contributed by atoms with Crippen LogP contribution in [0.15, 0.2) is 42.6 Å². The maximum Gasteiger partial charge on any atom is 0.0754 e. The molecule has 3 heteroatoms. The highest BCUT2D eigenvalue weighted by atomic mass is 35.5. The molecule has 0 aliphatic carbocycles. The Kier molecular flexibility index (Phi) is 4.94. The standard InChI is InChI=1S/C16H19ClN2/c1-3-10-18-16(14-7-5-4-6-12(14)2)15-9-8-13(17)11-19-15/h4-9,11,16,18H,3,10H2,1-2H3. The molecule has 100 valence electrons. The highest BCUT2D eigenvalue weighted by molar-refractivity contribution is 6.30. The average molecular weight is 275 g/mol. The van der Waals surface area contributed by atoms with Crippen molar-refractivity contribution in [1.29, 1.82) is 0 Å². The Labute approximate surface area is 119 Å². The van der Waals surface area contributed by atoms with Crippen molar-refractivity contribution < 1.29 is 0 Å². The number of aryl methyl sites for hydroxylation is 1.